The number of nitriles is 1. The molecule has 0 radical (unpaired) electrons. The van der Waals surface area contributed by atoms with Crippen LogP contribution in [0.1, 0.15) is 43.4 Å². The van der Waals surface area contributed by atoms with Gasteiger partial charge in [-0.2, -0.15) is 23.5 Å². The van der Waals surface area contributed by atoms with Crippen LogP contribution in [-0.2, 0) is 12.7 Å². The molecular formula is C28H27F3N8O2. The normalized spacial score (nSPS) is 11.6. The van der Waals surface area contributed by atoms with Gasteiger partial charge in [-0.25, -0.2) is 4.98 Å². The third kappa shape index (κ3) is 5.97. The number of benzene rings is 2. The number of aromatic nitrogens is 3. The summed E-state index contributed by atoms with van der Waals surface area (Å²) in [6, 6.07) is 13.0. The standard InChI is InChI=1S/C28H27F3N8O2/c1-15-21(25(28(29,30)31)37-39(15)14-17-6-4-16(13-32)5-7-17)23-22(26(33)40)19-12-18(35-10-11-38(2)3)8-9-20(19)36-24(23)27(34)41/h4-9,12,35H,10-11,14H2,1-3H3,(H2,33,40)(H2,34,41). The number of nitrogens with zero attached hydrogens (tertiary/aromatic N) is 5. The highest BCUT2D eigenvalue weighted by Gasteiger charge is 2.41. The maximum atomic E-state index is 14.4. The fourth-order valence-electron chi connectivity index (χ4n) is 4.53. The molecule has 0 bridgehead atoms. The van der Waals surface area contributed by atoms with Gasteiger partial charge in [0.15, 0.2) is 5.69 Å². The van der Waals surface area contributed by atoms with Crippen LogP contribution >= 0.6 is 0 Å². The molecule has 0 saturated heterocycles. The van der Waals surface area contributed by atoms with E-state index in [0.29, 0.717) is 29.9 Å². The van der Waals surface area contributed by atoms with E-state index in [-0.39, 0.29) is 28.7 Å². The monoisotopic (exact) mass is 564 g/mol. The van der Waals surface area contributed by atoms with Gasteiger partial charge >= 0.3 is 6.18 Å². The van der Waals surface area contributed by atoms with Crippen LogP contribution in [0.2, 0.25) is 0 Å². The van der Waals surface area contributed by atoms with Gasteiger partial charge in [-0.15, -0.1) is 0 Å². The molecule has 2 amide bonds. The van der Waals surface area contributed by atoms with Crippen molar-refractivity contribution in [2.45, 2.75) is 19.6 Å². The molecule has 41 heavy (non-hydrogen) atoms. The Bertz CT molecular complexity index is 1690. The summed E-state index contributed by atoms with van der Waals surface area (Å²) in [5.41, 5.74) is 9.92. The van der Waals surface area contributed by atoms with Gasteiger partial charge in [0.25, 0.3) is 5.91 Å². The second-order valence-electron chi connectivity index (χ2n) is 9.67. The van der Waals surface area contributed by atoms with Gasteiger partial charge in [-0.3, -0.25) is 14.3 Å². The quantitative estimate of drug-likeness (QED) is 0.281. The molecule has 0 saturated carbocycles. The van der Waals surface area contributed by atoms with E-state index >= 15 is 0 Å². The van der Waals surface area contributed by atoms with Gasteiger partial charge in [-0.1, -0.05) is 12.1 Å². The van der Waals surface area contributed by atoms with E-state index in [9.17, 15) is 22.8 Å². The van der Waals surface area contributed by atoms with E-state index in [2.05, 4.69) is 15.4 Å². The smallest absolute Gasteiger partial charge is 0.384 e. The number of primary amides is 2. The first-order valence-corrected chi connectivity index (χ1v) is 12.4. The molecule has 10 nitrogen and oxygen atoms in total. The number of pyridine rings is 1. The first kappa shape index (κ1) is 29.0. The van der Waals surface area contributed by atoms with Gasteiger partial charge < -0.3 is 21.7 Å². The second kappa shape index (κ2) is 11.3. The summed E-state index contributed by atoms with van der Waals surface area (Å²) in [5, 5.41) is 16.2. The number of halogens is 3. The molecule has 0 unspecified atom stereocenters. The number of hydrogen-bond donors (Lipinski definition) is 3. The lowest BCUT2D eigenvalue weighted by molar-refractivity contribution is -0.141. The van der Waals surface area contributed by atoms with Crippen molar-refractivity contribution in [2.75, 3.05) is 32.5 Å². The van der Waals surface area contributed by atoms with E-state index in [1.165, 1.54) is 25.1 Å². The molecule has 13 heteroatoms. The minimum absolute atomic E-state index is 0.00750. The van der Waals surface area contributed by atoms with Gasteiger partial charge in [0.05, 0.1) is 29.3 Å². The van der Waals surface area contributed by atoms with Gasteiger partial charge in [0.1, 0.15) is 5.69 Å². The van der Waals surface area contributed by atoms with Crippen LogP contribution in [0.15, 0.2) is 42.5 Å². The lowest BCUT2D eigenvalue weighted by atomic mass is 9.91. The van der Waals surface area contributed by atoms with Crippen LogP contribution in [0.25, 0.3) is 22.0 Å². The Labute approximate surface area is 233 Å². The van der Waals surface area contributed by atoms with Crippen molar-refractivity contribution in [1.82, 2.24) is 19.7 Å². The van der Waals surface area contributed by atoms with Gasteiger partial charge in [-0.05, 0) is 56.9 Å². The molecule has 0 aliphatic heterocycles. The molecule has 0 atom stereocenters. The van der Waals surface area contributed by atoms with Crippen LogP contribution in [-0.4, -0.2) is 58.7 Å². The summed E-state index contributed by atoms with van der Waals surface area (Å²) in [6.45, 7) is 2.54. The number of likely N-dealkylation sites (N-methyl/N-ethyl adjacent to an activating group) is 1. The number of nitrogens with one attached hydrogen (secondary N) is 1. The molecule has 2 heterocycles. The third-order valence-corrected chi connectivity index (χ3v) is 6.49. The van der Waals surface area contributed by atoms with E-state index in [4.69, 9.17) is 16.7 Å². The molecule has 2 aromatic heterocycles. The number of fused-ring (bicyclic) bond motifs is 1. The largest absolute Gasteiger partial charge is 0.435 e. The number of amides is 2. The van der Waals surface area contributed by atoms with Crippen LogP contribution in [0, 0.1) is 18.3 Å². The Hall–Kier alpha value is -4.96. The SMILES string of the molecule is Cc1c(-c2c(C(N)=O)nc3ccc(NCCN(C)C)cc3c2C(N)=O)c(C(F)(F)F)nn1Cc1ccc(C#N)cc1. The average Bonchev–Trinajstić information content (AvgIpc) is 3.23. The molecule has 0 aliphatic carbocycles. The molecule has 212 valence electrons. The summed E-state index contributed by atoms with van der Waals surface area (Å²) in [4.78, 5) is 31.7. The summed E-state index contributed by atoms with van der Waals surface area (Å²) < 4.78 is 44.4. The van der Waals surface area contributed by atoms with Crippen molar-refractivity contribution in [3.8, 4) is 17.2 Å². The predicted molar refractivity (Wildman–Crippen MR) is 147 cm³/mol. The topological polar surface area (TPSA) is 156 Å². The number of hydrogen-bond acceptors (Lipinski definition) is 7. The van der Waals surface area contributed by atoms with Crippen LogP contribution < -0.4 is 16.8 Å². The highest BCUT2D eigenvalue weighted by molar-refractivity contribution is 6.16. The van der Waals surface area contributed by atoms with Crippen molar-refractivity contribution in [3.63, 3.8) is 0 Å². The summed E-state index contributed by atoms with van der Waals surface area (Å²) in [6.07, 6.45) is -4.97. The number of anilines is 1. The molecule has 2 aromatic carbocycles. The Morgan fingerprint density at radius 1 is 1.07 bits per heavy atom. The van der Waals surface area contributed by atoms with E-state index < -0.39 is 40.5 Å². The zero-order chi connectivity index (χ0) is 30.1. The van der Waals surface area contributed by atoms with Crippen LogP contribution in [0.3, 0.4) is 0 Å². The molecule has 4 rings (SSSR count). The minimum Gasteiger partial charge on any atom is -0.384 e. The zero-order valence-electron chi connectivity index (χ0n) is 22.5. The maximum absolute atomic E-state index is 14.4. The zero-order valence-corrected chi connectivity index (χ0v) is 22.5. The highest BCUT2D eigenvalue weighted by atomic mass is 19.4. The Balaban J connectivity index is 1.99. The Morgan fingerprint density at radius 3 is 2.32 bits per heavy atom. The number of rotatable bonds is 9. The van der Waals surface area contributed by atoms with Gasteiger partial charge in [0, 0.05) is 41.0 Å². The molecule has 5 N–H and O–H groups in total. The number of alkyl halides is 3. The van der Waals surface area contributed by atoms with E-state index in [1.807, 2.05) is 25.1 Å². The summed E-state index contributed by atoms with van der Waals surface area (Å²) in [5.74, 6) is -2.20. The molecule has 0 fully saturated rings. The van der Waals surface area contributed by atoms with Crippen LogP contribution in [0.5, 0.6) is 0 Å². The third-order valence-electron chi connectivity index (χ3n) is 6.49. The first-order valence-electron chi connectivity index (χ1n) is 12.4. The molecule has 0 spiro atoms. The molecule has 4 aromatic rings. The van der Waals surface area contributed by atoms with Gasteiger partial charge in [0.2, 0.25) is 5.91 Å². The molecule has 0 aliphatic rings. The van der Waals surface area contributed by atoms with E-state index in [1.54, 1.807) is 24.3 Å². The van der Waals surface area contributed by atoms with Crippen molar-refractivity contribution in [1.29, 1.82) is 5.26 Å². The van der Waals surface area contributed by atoms with Crippen molar-refractivity contribution < 1.29 is 22.8 Å². The number of carbonyl (C=O) groups excluding carboxylic acids is 2. The maximum Gasteiger partial charge on any atom is 0.435 e. The Morgan fingerprint density at radius 2 is 1.76 bits per heavy atom. The lowest BCUT2D eigenvalue weighted by Crippen LogP contribution is -2.22. The molecular weight excluding hydrogens is 537 g/mol. The highest BCUT2D eigenvalue weighted by Crippen LogP contribution is 2.42. The lowest BCUT2D eigenvalue weighted by Gasteiger charge is -2.17. The Kier molecular flexibility index (Phi) is 7.98. The average molecular weight is 565 g/mol. The van der Waals surface area contributed by atoms with Crippen molar-refractivity contribution in [2.24, 2.45) is 11.5 Å². The number of carbonyl (C=O) groups is 2. The predicted octanol–water partition coefficient (Wildman–Crippen LogP) is 3.52. The van der Waals surface area contributed by atoms with E-state index in [0.717, 1.165) is 4.68 Å². The summed E-state index contributed by atoms with van der Waals surface area (Å²) in [7, 11) is 3.80. The summed E-state index contributed by atoms with van der Waals surface area (Å²) >= 11 is 0. The second-order valence-corrected chi connectivity index (χ2v) is 9.67. The van der Waals surface area contributed by atoms with Crippen molar-refractivity contribution in [3.05, 3.63) is 76.2 Å². The fraction of sp³-hybridized carbons (Fsp3) is 0.250. The van der Waals surface area contributed by atoms with Crippen molar-refractivity contribution >= 4 is 28.4 Å². The minimum atomic E-state index is -4.97. The first-order chi connectivity index (χ1) is 19.3. The van der Waals surface area contributed by atoms with Crippen LogP contribution in [0.4, 0.5) is 18.9 Å². The number of nitrogens with two attached hydrogens (primary N) is 2. The fourth-order valence-corrected chi connectivity index (χ4v) is 4.53.